The highest BCUT2D eigenvalue weighted by Crippen LogP contribution is 2.23. The van der Waals surface area contributed by atoms with Crippen LogP contribution in [0, 0.1) is 0 Å². The second kappa shape index (κ2) is 10.5. The molecular weight excluding hydrogens is 418 g/mol. The van der Waals surface area contributed by atoms with Crippen molar-refractivity contribution >= 4 is 23.7 Å². The molecule has 3 atom stereocenters. The average Bonchev–Trinajstić information content (AvgIpc) is 2.94. The van der Waals surface area contributed by atoms with Crippen LogP contribution in [-0.2, 0) is 23.8 Å². The van der Waals surface area contributed by atoms with Crippen molar-refractivity contribution in [3.05, 3.63) is 70.8 Å². The fraction of sp³-hybridized carbons (Fsp3) is 0.318. The SMILES string of the molecule is CC(=O)OC[C@H]1O[C@H](n2ccc(NC(=O)c3ccccc3)nc2=O)CC=C[C@@H]1OC(C)=O. The number of rotatable bonds is 6. The van der Waals surface area contributed by atoms with Crippen LogP contribution in [0.1, 0.15) is 36.9 Å². The lowest BCUT2D eigenvalue weighted by atomic mass is 10.2. The molecule has 1 aliphatic heterocycles. The fourth-order valence-corrected chi connectivity index (χ4v) is 3.09. The van der Waals surface area contributed by atoms with Gasteiger partial charge in [0.05, 0.1) is 0 Å². The van der Waals surface area contributed by atoms with Crippen molar-refractivity contribution < 1.29 is 28.6 Å². The van der Waals surface area contributed by atoms with E-state index in [9.17, 15) is 19.2 Å². The lowest BCUT2D eigenvalue weighted by Crippen LogP contribution is -2.38. The van der Waals surface area contributed by atoms with Gasteiger partial charge in [-0.1, -0.05) is 24.3 Å². The van der Waals surface area contributed by atoms with E-state index in [0.717, 1.165) is 0 Å². The Labute approximate surface area is 183 Å². The minimum Gasteiger partial charge on any atom is -0.463 e. The summed E-state index contributed by atoms with van der Waals surface area (Å²) in [5.74, 6) is -1.34. The Morgan fingerprint density at radius 3 is 2.56 bits per heavy atom. The number of carbonyl (C=O) groups excluding carboxylic acids is 3. The predicted octanol–water partition coefficient (Wildman–Crippen LogP) is 1.83. The van der Waals surface area contributed by atoms with Crippen LogP contribution in [-0.4, -0.2) is 46.2 Å². The van der Waals surface area contributed by atoms with Gasteiger partial charge in [0.25, 0.3) is 5.91 Å². The summed E-state index contributed by atoms with van der Waals surface area (Å²) in [6.45, 7) is 2.35. The van der Waals surface area contributed by atoms with Gasteiger partial charge in [-0.2, -0.15) is 4.98 Å². The molecule has 32 heavy (non-hydrogen) atoms. The molecule has 0 aliphatic carbocycles. The number of nitrogens with one attached hydrogen (secondary N) is 1. The van der Waals surface area contributed by atoms with Gasteiger partial charge in [-0.15, -0.1) is 0 Å². The summed E-state index contributed by atoms with van der Waals surface area (Å²) >= 11 is 0. The van der Waals surface area contributed by atoms with Crippen molar-refractivity contribution in [2.24, 2.45) is 0 Å². The lowest BCUT2D eigenvalue weighted by Gasteiger charge is -2.27. The van der Waals surface area contributed by atoms with Gasteiger partial charge in [0, 0.05) is 32.0 Å². The van der Waals surface area contributed by atoms with Crippen LogP contribution in [0.2, 0.25) is 0 Å². The van der Waals surface area contributed by atoms with Gasteiger partial charge in [-0.3, -0.25) is 19.0 Å². The molecule has 0 saturated carbocycles. The van der Waals surface area contributed by atoms with E-state index in [2.05, 4.69) is 10.3 Å². The average molecular weight is 441 g/mol. The Bertz CT molecular complexity index is 1060. The summed E-state index contributed by atoms with van der Waals surface area (Å²) < 4.78 is 17.5. The van der Waals surface area contributed by atoms with Crippen LogP contribution in [0.3, 0.4) is 0 Å². The van der Waals surface area contributed by atoms with E-state index in [-0.39, 0.29) is 18.8 Å². The molecule has 168 valence electrons. The highest BCUT2D eigenvalue weighted by molar-refractivity contribution is 6.03. The number of anilines is 1. The number of carbonyl (C=O) groups is 3. The Hall–Kier alpha value is -3.79. The highest BCUT2D eigenvalue weighted by atomic mass is 16.6. The zero-order chi connectivity index (χ0) is 23.1. The summed E-state index contributed by atoms with van der Waals surface area (Å²) in [5, 5.41) is 2.58. The Morgan fingerprint density at radius 1 is 1.16 bits per heavy atom. The summed E-state index contributed by atoms with van der Waals surface area (Å²) in [5.41, 5.74) is -0.216. The molecule has 10 heteroatoms. The fourth-order valence-electron chi connectivity index (χ4n) is 3.09. The summed E-state index contributed by atoms with van der Waals surface area (Å²) in [4.78, 5) is 51.5. The van der Waals surface area contributed by atoms with Gasteiger partial charge in [-0.05, 0) is 24.3 Å². The topological polar surface area (TPSA) is 126 Å². The molecule has 0 fully saturated rings. The number of benzene rings is 1. The first kappa shape index (κ1) is 22.9. The maximum atomic E-state index is 12.6. The second-order valence-corrected chi connectivity index (χ2v) is 6.99. The number of esters is 2. The Kier molecular flexibility index (Phi) is 7.50. The molecule has 1 aliphatic rings. The number of hydrogen-bond donors (Lipinski definition) is 1. The van der Waals surface area contributed by atoms with Crippen LogP contribution >= 0.6 is 0 Å². The van der Waals surface area contributed by atoms with Crippen molar-refractivity contribution in [1.82, 2.24) is 9.55 Å². The van der Waals surface area contributed by atoms with Crippen LogP contribution in [0.4, 0.5) is 5.82 Å². The van der Waals surface area contributed by atoms with Crippen LogP contribution in [0.5, 0.6) is 0 Å². The number of hydrogen-bond acceptors (Lipinski definition) is 8. The standard InChI is InChI=1S/C22H23N3O7/c1-14(26)30-13-18-17(31-15(2)27)9-6-10-20(32-18)25-12-11-19(24-22(25)29)23-21(28)16-7-4-3-5-8-16/h3-9,11-12,17-18,20H,10,13H2,1-2H3,(H,23,24,28,29)/t17-,18+,20-/m0/s1. The Morgan fingerprint density at radius 2 is 1.91 bits per heavy atom. The molecule has 2 aromatic rings. The van der Waals surface area contributed by atoms with Crippen molar-refractivity contribution in [2.45, 2.75) is 38.7 Å². The monoisotopic (exact) mass is 441 g/mol. The van der Waals surface area contributed by atoms with Gasteiger partial charge in [0.1, 0.15) is 30.9 Å². The summed E-state index contributed by atoms with van der Waals surface area (Å²) in [7, 11) is 0. The number of aromatic nitrogens is 2. The Balaban J connectivity index is 1.76. The molecule has 1 aromatic heterocycles. The molecule has 1 amide bonds. The smallest absolute Gasteiger partial charge is 0.351 e. The molecule has 2 heterocycles. The van der Waals surface area contributed by atoms with Crippen LogP contribution in [0.25, 0.3) is 0 Å². The summed E-state index contributed by atoms with van der Waals surface area (Å²) in [6.07, 6.45) is 2.67. The maximum Gasteiger partial charge on any atom is 0.351 e. The molecular formula is C22H23N3O7. The van der Waals surface area contributed by atoms with Crippen molar-refractivity contribution in [1.29, 1.82) is 0 Å². The minimum absolute atomic E-state index is 0.0959. The zero-order valence-electron chi connectivity index (χ0n) is 17.6. The van der Waals surface area contributed by atoms with E-state index in [0.29, 0.717) is 5.56 Å². The van der Waals surface area contributed by atoms with Gasteiger partial charge in [0.2, 0.25) is 0 Å². The van der Waals surface area contributed by atoms with E-state index in [1.807, 2.05) is 0 Å². The highest BCUT2D eigenvalue weighted by Gasteiger charge is 2.30. The number of nitrogens with zero attached hydrogens (tertiary/aromatic N) is 2. The van der Waals surface area contributed by atoms with Gasteiger partial charge >= 0.3 is 17.6 Å². The lowest BCUT2D eigenvalue weighted by molar-refractivity contribution is -0.167. The van der Waals surface area contributed by atoms with E-state index < -0.39 is 42.0 Å². The van der Waals surface area contributed by atoms with E-state index in [1.165, 1.54) is 30.7 Å². The zero-order valence-corrected chi connectivity index (χ0v) is 17.6. The molecule has 1 N–H and O–H groups in total. The molecule has 0 spiro atoms. The first-order valence-electron chi connectivity index (χ1n) is 9.92. The third-order valence-electron chi connectivity index (χ3n) is 4.53. The molecule has 0 saturated heterocycles. The largest absolute Gasteiger partial charge is 0.463 e. The summed E-state index contributed by atoms with van der Waals surface area (Å²) in [6, 6.07) is 10.0. The first-order valence-corrected chi connectivity index (χ1v) is 9.92. The van der Waals surface area contributed by atoms with Gasteiger partial charge in [0.15, 0.2) is 0 Å². The quantitative estimate of drug-likeness (QED) is 0.532. The van der Waals surface area contributed by atoms with Crippen molar-refractivity contribution in [2.75, 3.05) is 11.9 Å². The van der Waals surface area contributed by atoms with Gasteiger partial charge < -0.3 is 19.5 Å². The second-order valence-electron chi connectivity index (χ2n) is 6.99. The molecule has 3 rings (SSSR count). The molecule has 0 bridgehead atoms. The van der Waals surface area contributed by atoms with Crippen LogP contribution in [0.15, 0.2) is 59.5 Å². The molecule has 1 aromatic carbocycles. The molecule has 0 unspecified atom stereocenters. The van der Waals surface area contributed by atoms with Crippen molar-refractivity contribution in [3.8, 4) is 0 Å². The molecule has 10 nitrogen and oxygen atoms in total. The first-order chi connectivity index (χ1) is 15.3. The maximum absolute atomic E-state index is 12.6. The van der Waals surface area contributed by atoms with E-state index in [4.69, 9.17) is 14.2 Å². The normalized spacial score (nSPS) is 20.1. The van der Waals surface area contributed by atoms with E-state index >= 15 is 0 Å². The minimum atomic E-state index is -0.823. The van der Waals surface area contributed by atoms with Gasteiger partial charge in [-0.25, -0.2) is 4.79 Å². The van der Waals surface area contributed by atoms with E-state index in [1.54, 1.807) is 42.5 Å². The third kappa shape index (κ3) is 6.11. The molecule has 0 radical (unpaired) electrons. The number of amides is 1. The predicted molar refractivity (Wildman–Crippen MR) is 113 cm³/mol. The van der Waals surface area contributed by atoms with Crippen molar-refractivity contribution in [3.63, 3.8) is 0 Å². The number of ether oxygens (including phenoxy) is 3. The third-order valence-corrected chi connectivity index (χ3v) is 4.53. The van der Waals surface area contributed by atoms with Crippen LogP contribution < -0.4 is 11.0 Å².